The second kappa shape index (κ2) is 5.77. The number of rotatable bonds is 4. The second-order valence-electron chi connectivity index (χ2n) is 2.17. The molecular formula is C8H14O3. The van der Waals surface area contributed by atoms with Crippen LogP contribution in [0.15, 0.2) is 11.8 Å². The molecule has 0 aliphatic carbocycles. The third-order valence-corrected chi connectivity index (χ3v) is 1.05. The number of hydrogen-bond acceptors (Lipinski definition) is 3. The summed E-state index contributed by atoms with van der Waals surface area (Å²) >= 11 is 0. The fraction of sp³-hybridized carbons (Fsp3) is 0.625. The Bertz CT molecular complexity index is 149. The SMILES string of the molecule is CCCOC(=O)C(C)=COC. The van der Waals surface area contributed by atoms with Gasteiger partial charge in [0.25, 0.3) is 0 Å². The van der Waals surface area contributed by atoms with Gasteiger partial charge in [-0.05, 0) is 13.3 Å². The highest BCUT2D eigenvalue weighted by Crippen LogP contribution is 1.96. The van der Waals surface area contributed by atoms with Crippen molar-refractivity contribution in [1.82, 2.24) is 0 Å². The molecule has 0 N–H and O–H groups in total. The van der Waals surface area contributed by atoms with Gasteiger partial charge >= 0.3 is 5.97 Å². The largest absolute Gasteiger partial charge is 0.504 e. The Morgan fingerprint density at radius 3 is 2.64 bits per heavy atom. The number of carbonyl (C=O) groups is 1. The number of esters is 1. The molecule has 64 valence electrons. The summed E-state index contributed by atoms with van der Waals surface area (Å²) in [7, 11) is 1.50. The van der Waals surface area contributed by atoms with Gasteiger partial charge in [0.15, 0.2) is 0 Å². The molecule has 0 aliphatic heterocycles. The summed E-state index contributed by atoms with van der Waals surface area (Å²) in [6.45, 7) is 4.07. The molecule has 0 unspecified atom stereocenters. The van der Waals surface area contributed by atoms with Crippen molar-refractivity contribution in [2.75, 3.05) is 13.7 Å². The van der Waals surface area contributed by atoms with Gasteiger partial charge in [0.1, 0.15) is 0 Å². The Labute approximate surface area is 67.0 Å². The fourth-order valence-electron chi connectivity index (χ4n) is 0.533. The van der Waals surface area contributed by atoms with Gasteiger partial charge in [-0.2, -0.15) is 0 Å². The van der Waals surface area contributed by atoms with Crippen LogP contribution in [0.2, 0.25) is 0 Å². The zero-order chi connectivity index (χ0) is 8.69. The van der Waals surface area contributed by atoms with E-state index in [0.29, 0.717) is 12.2 Å². The van der Waals surface area contributed by atoms with Crippen molar-refractivity contribution in [2.24, 2.45) is 0 Å². The van der Waals surface area contributed by atoms with E-state index < -0.39 is 0 Å². The molecule has 0 aromatic heterocycles. The van der Waals surface area contributed by atoms with Gasteiger partial charge in [-0.3, -0.25) is 0 Å². The summed E-state index contributed by atoms with van der Waals surface area (Å²) in [5.41, 5.74) is 0.487. The van der Waals surface area contributed by atoms with Gasteiger partial charge in [-0.1, -0.05) is 6.92 Å². The topological polar surface area (TPSA) is 35.5 Å². The van der Waals surface area contributed by atoms with Crippen LogP contribution in [0, 0.1) is 0 Å². The van der Waals surface area contributed by atoms with Crippen molar-refractivity contribution in [3.05, 3.63) is 11.8 Å². The molecule has 0 radical (unpaired) electrons. The minimum absolute atomic E-state index is 0.311. The highest BCUT2D eigenvalue weighted by molar-refractivity contribution is 5.87. The average molecular weight is 158 g/mol. The van der Waals surface area contributed by atoms with Crippen LogP contribution in [0.25, 0.3) is 0 Å². The van der Waals surface area contributed by atoms with Crippen molar-refractivity contribution < 1.29 is 14.3 Å². The fourth-order valence-corrected chi connectivity index (χ4v) is 0.533. The third kappa shape index (κ3) is 4.42. The summed E-state index contributed by atoms with van der Waals surface area (Å²) < 4.78 is 9.46. The zero-order valence-corrected chi connectivity index (χ0v) is 7.22. The van der Waals surface area contributed by atoms with Crippen LogP contribution in [0.3, 0.4) is 0 Å². The molecule has 3 heteroatoms. The first-order valence-electron chi connectivity index (χ1n) is 3.59. The predicted molar refractivity (Wildman–Crippen MR) is 42.0 cm³/mol. The van der Waals surface area contributed by atoms with Gasteiger partial charge in [0.2, 0.25) is 0 Å². The molecule has 3 nitrogen and oxygen atoms in total. The third-order valence-electron chi connectivity index (χ3n) is 1.05. The lowest BCUT2D eigenvalue weighted by Crippen LogP contribution is -2.06. The van der Waals surface area contributed by atoms with Crippen molar-refractivity contribution >= 4 is 5.97 Å². The highest BCUT2D eigenvalue weighted by atomic mass is 16.5. The quantitative estimate of drug-likeness (QED) is 0.353. The van der Waals surface area contributed by atoms with Gasteiger partial charge in [0, 0.05) is 0 Å². The average Bonchev–Trinajstić information content (AvgIpc) is 2.00. The molecule has 0 saturated carbocycles. The Kier molecular flexibility index (Phi) is 5.25. The predicted octanol–water partition coefficient (Wildman–Crippen LogP) is 1.49. The zero-order valence-electron chi connectivity index (χ0n) is 7.22. The molecule has 0 aromatic carbocycles. The molecule has 0 amide bonds. The second-order valence-corrected chi connectivity index (χ2v) is 2.17. The summed E-state index contributed by atoms with van der Waals surface area (Å²) in [5, 5.41) is 0. The molecular weight excluding hydrogens is 144 g/mol. The summed E-state index contributed by atoms with van der Waals surface area (Å²) in [6, 6.07) is 0. The highest BCUT2D eigenvalue weighted by Gasteiger charge is 2.03. The van der Waals surface area contributed by atoms with Gasteiger partial charge < -0.3 is 9.47 Å². The Morgan fingerprint density at radius 1 is 1.55 bits per heavy atom. The Morgan fingerprint density at radius 2 is 2.18 bits per heavy atom. The minimum atomic E-state index is -0.311. The Balaban J connectivity index is 3.73. The summed E-state index contributed by atoms with van der Waals surface area (Å²) in [5.74, 6) is -0.311. The summed E-state index contributed by atoms with van der Waals surface area (Å²) in [4.78, 5) is 10.9. The monoisotopic (exact) mass is 158 g/mol. The lowest BCUT2D eigenvalue weighted by molar-refractivity contribution is -0.139. The van der Waals surface area contributed by atoms with Crippen LogP contribution in [-0.4, -0.2) is 19.7 Å². The van der Waals surface area contributed by atoms with E-state index in [1.807, 2.05) is 6.92 Å². The van der Waals surface area contributed by atoms with Crippen LogP contribution in [-0.2, 0) is 14.3 Å². The van der Waals surface area contributed by atoms with E-state index in [1.165, 1.54) is 13.4 Å². The first-order chi connectivity index (χ1) is 5.22. The lowest BCUT2D eigenvalue weighted by atomic mass is 10.3. The molecule has 0 saturated heterocycles. The van der Waals surface area contributed by atoms with E-state index >= 15 is 0 Å². The molecule has 0 aromatic rings. The molecule has 0 aliphatic rings. The summed E-state index contributed by atoms with van der Waals surface area (Å²) in [6.07, 6.45) is 2.21. The van der Waals surface area contributed by atoms with E-state index in [9.17, 15) is 4.79 Å². The molecule has 0 bridgehead atoms. The van der Waals surface area contributed by atoms with Crippen molar-refractivity contribution in [3.8, 4) is 0 Å². The molecule has 0 fully saturated rings. The normalized spacial score (nSPS) is 11.0. The standard InChI is InChI=1S/C8H14O3/c1-4-5-11-8(9)7(2)6-10-3/h6H,4-5H2,1-3H3. The Hall–Kier alpha value is -0.990. The number of carbonyl (C=O) groups excluding carboxylic acids is 1. The first kappa shape index (κ1) is 10.0. The molecule has 0 heterocycles. The molecule has 0 spiro atoms. The van der Waals surface area contributed by atoms with Gasteiger partial charge in [0.05, 0.1) is 25.6 Å². The van der Waals surface area contributed by atoms with E-state index in [4.69, 9.17) is 4.74 Å². The first-order valence-corrected chi connectivity index (χ1v) is 3.59. The van der Waals surface area contributed by atoms with Crippen LogP contribution < -0.4 is 0 Å². The lowest BCUT2D eigenvalue weighted by Gasteiger charge is -2.01. The molecule has 0 atom stereocenters. The van der Waals surface area contributed by atoms with Crippen molar-refractivity contribution in [1.29, 1.82) is 0 Å². The maximum Gasteiger partial charge on any atom is 0.336 e. The molecule has 11 heavy (non-hydrogen) atoms. The molecule has 0 rings (SSSR count). The van der Waals surface area contributed by atoms with Crippen LogP contribution in [0.5, 0.6) is 0 Å². The minimum Gasteiger partial charge on any atom is -0.504 e. The maximum absolute atomic E-state index is 10.9. The maximum atomic E-state index is 10.9. The van der Waals surface area contributed by atoms with E-state index in [1.54, 1.807) is 6.92 Å². The van der Waals surface area contributed by atoms with E-state index in [0.717, 1.165) is 6.42 Å². The van der Waals surface area contributed by atoms with E-state index in [-0.39, 0.29) is 5.97 Å². The number of ether oxygens (including phenoxy) is 2. The van der Waals surface area contributed by atoms with E-state index in [2.05, 4.69) is 4.74 Å². The van der Waals surface area contributed by atoms with Crippen molar-refractivity contribution in [3.63, 3.8) is 0 Å². The van der Waals surface area contributed by atoms with Gasteiger partial charge in [-0.15, -0.1) is 0 Å². The van der Waals surface area contributed by atoms with Crippen LogP contribution >= 0.6 is 0 Å². The van der Waals surface area contributed by atoms with Gasteiger partial charge in [-0.25, -0.2) is 4.79 Å². The smallest absolute Gasteiger partial charge is 0.336 e. The number of methoxy groups -OCH3 is 1. The van der Waals surface area contributed by atoms with Crippen LogP contribution in [0.1, 0.15) is 20.3 Å². The van der Waals surface area contributed by atoms with Crippen LogP contribution in [0.4, 0.5) is 0 Å². The number of hydrogen-bond donors (Lipinski definition) is 0. The van der Waals surface area contributed by atoms with Crippen molar-refractivity contribution in [2.45, 2.75) is 20.3 Å².